The summed E-state index contributed by atoms with van der Waals surface area (Å²) in [5.41, 5.74) is 12.4. The second-order valence-electron chi connectivity index (χ2n) is 6.70. The normalized spacial score (nSPS) is 16.6. The molecule has 6 heteroatoms. The minimum absolute atomic E-state index is 0.628. The number of aromatic nitrogens is 2. The second kappa shape index (κ2) is 6.07. The molecule has 1 aromatic heterocycles. The number of rotatable bonds is 2. The molecule has 1 saturated heterocycles. The van der Waals surface area contributed by atoms with E-state index in [-0.39, 0.29) is 0 Å². The van der Waals surface area contributed by atoms with Gasteiger partial charge < -0.3 is 16.0 Å². The molecule has 6 nitrogen and oxygen atoms in total. The molecule has 2 aliphatic rings. The molecule has 3 N–H and O–H groups in total. The molecular weight excluding hydrogens is 324 g/mol. The van der Waals surface area contributed by atoms with Crippen LogP contribution >= 0.6 is 0 Å². The Morgan fingerprint density at radius 2 is 1.85 bits per heavy atom. The summed E-state index contributed by atoms with van der Waals surface area (Å²) in [5.74, 6) is 1.57. The molecule has 0 radical (unpaired) electrons. The summed E-state index contributed by atoms with van der Waals surface area (Å²) >= 11 is 0. The van der Waals surface area contributed by atoms with Crippen LogP contribution < -0.4 is 16.0 Å². The second-order valence-corrected chi connectivity index (χ2v) is 6.70. The van der Waals surface area contributed by atoms with Gasteiger partial charge in [0.05, 0.1) is 23.8 Å². The van der Waals surface area contributed by atoms with Crippen molar-refractivity contribution >= 4 is 22.7 Å². The quantitative estimate of drug-likeness (QED) is 0.742. The van der Waals surface area contributed by atoms with Gasteiger partial charge in [0.1, 0.15) is 11.7 Å². The summed E-state index contributed by atoms with van der Waals surface area (Å²) < 4.78 is 0. The van der Waals surface area contributed by atoms with Crippen molar-refractivity contribution in [3.63, 3.8) is 0 Å². The molecular formula is C20H20N6. The van der Waals surface area contributed by atoms with E-state index < -0.39 is 0 Å². The number of nitrogens with two attached hydrogens (primary N) is 1. The van der Waals surface area contributed by atoms with Gasteiger partial charge in [-0.15, -0.1) is 0 Å². The highest BCUT2D eigenvalue weighted by Gasteiger charge is 2.18. The van der Waals surface area contributed by atoms with Gasteiger partial charge in [-0.1, -0.05) is 24.3 Å². The molecule has 3 aromatic rings. The third-order valence-electron chi connectivity index (χ3n) is 5.14. The van der Waals surface area contributed by atoms with E-state index in [4.69, 9.17) is 10.7 Å². The zero-order chi connectivity index (χ0) is 17.5. The number of benzene rings is 2. The van der Waals surface area contributed by atoms with Gasteiger partial charge in [0.15, 0.2) is 0 Å². The summed E-state index contributed by atoms with van der Waals surface area (Å²) in [6, 6.07) is 12.5. The first-order valence-electron chi connectivity index (χ1n) is 8.94. The van der Waals surface area contributed by atoms with E-state index in [9.17, 15) is 0 Å². The van der Waals surface area contributed by atoms with Crippen LogP contribution in [0.25, 0.3) is 22.2 Å². The third kappa shape index (κ3) is 2.50. The average molecular weight is 344 g/mol. The Balaban J connectivity index is 1.58. The van der Waals surface area contributed by atoms with Gasteiger partial charge in [-0.05, 0) is 28.8 Å². The maximum Gasteiger partial charge on any atom is 0.147 e. The van der Waals surface area contributed by atoms with Crippen molar-refractivity contribution in [2.45, 2.75) is 6.54 Å². The van der Waals surface area contributed by atoms with E-state index in [0.717, 1.165) is 54.2 Å². The number of aliphatic imine (C=N–C) groups is 1. The molecule has 0 amide bonds. The van der Waals surface area contributed by atoms with Gasteiger partial charge in [0, 0.05) is 31.7 Å². The molecule has 0 saturated carbocycles. The first-order valence-corrected chi connectivity index (χ1v) is 8.94. The van der Waals surface area contributed by atoms with E-state index in [1.54, 1.807) is 0 Å². The van der Waals surface area contributed by atoms with Gasteiger partial charge in [-0.3, -0.25) is 9.98 Å². The van der Waals surface area contributed by atoms with Crippen molar-refractivity contribution in [1.82, 2.24) is 15.3 Å². The van der Waals surface area contributed by atoms with E-state index in [1.807, 2.05) is 24.4 Å². The Morgan fingerprint density at radius 3 is 2.73 bits per heavy atom. The van der Waals surface area contributed by atoms with Crippen LogP contribution in [0, 0.1) is 0 Å². The number of hydrogen-bond donors (Lipinski definition) is 2. The van der Waals surface area contributed by atoms with Crippen molar-refractivity contribution in [1.29, 1.82) is 0 Å². The van der Waals surface area contributed by atoms with Crippen molar-refractivity contribution in [3.8, 4) is 11.1 Å². The van der Waals surface area contributed by atoms with Gasteiger partial charge in [-0.2, -0.15) is 0 Å². The molecule has 0 atom stereocenters. The highest BCUT2D eigenvalue weighted by atomic mass is 15.2. The fraction of sp³-hybridized carbons (Fsp3) is 0.250. The van der Waals surface area contributed by atoms with E-state index >= 15 is 0 Å². The van der Waals surface area contributed by atoms with Crippen LogP contribution in [0.15, 0.2) is 47.6 Å². The Hall–Kier alpha value is -2.99. The Kier molecular flexibility index (Phi) is 3.57. The maximum atomic E-state index is 6.00. The average Bonchev–Trinajstić information content (AvgIpc) is 3.09. The summed E-state index contributed by atoms with van der Waals surface area (Å²) in [7, 11) is 0. The number of anilines is 1. The smallest absolute Gasteiger partial charge is 0.147 e. The fourth-order valence-electron chi connectivity index (χ4n) is 3.73. The van der Waals surface area contributed by atoms with Gasteiger partial charge >= 0.3 is 0 Å². The first-order chi connectivity index (χ1) is 12.8. The van der Waals surface area contributed by atoms with Crippen molar-refractivity contribution in [2.24, 2.45) is 10.7 Å². The van der Waals surface area contributed by atoms with E-state index in [1.165, 1.54) is 11.1 Å². The van der Waals surface area contributed by atoms with Crippen molar-refractivity contribution < 1.29 is 0 Å². The minimum atomic E-state index is 0.628. The highest BCUT2D eigenvalue weighted by Crippen LogP contribution is 2.31. The zero-order valence-corrected chi connectivity index (χ0v) is 14.4. The molecule has 26 heavy (non-hydrogen) atoms. The molecule has 1 fully saturated rings. The van der Waals surface area contributed by atoms with Crippen LogP contribution in [0.5, 0.6) is 0 Å². The van der Waals surface area contributed by atoms with Crippen LogP contribution in [0.1, 0.15) is 11.1 Å². The van der Waals surface area contributed by atoms with E-state index in [0.29, 0.717) is 12.4 Å². The van der Waals surface area contributed by atoms with Gasteiger partial charge in [0.25, 0.3) is 0 Å². The maximum absolute atomic E-state index is 6.00. The molecule has 3 heterocycles. The summed E-state index contributed by atoms with van der Waals surface area (Å²) in [4.78, 5) is 16.1. The summed E-state index contributed by atoms with van der Waals surface area (Å²) in [6.45, 7) is 4.53. The highest BCUT2D eigenvalue weighted by molar-refractivity contribution is 6.02. The fourth-order valence-corrected chi connectivity index (χ4v) is 3.73. The number of hydrogen-bond acceptors (Lipinski definition) is 6. The number of piperazine rings is 1. The molecule has 5 rings (SSSR count). The van der Waals surface area contributed by atoms with Crippen LogP contribution in [0.3, 0.4) is 0 Å². The predicted molar refractivity (Wildman–Crippen MR) is 104 cm³/mol. The minimum Gasteiger partial charge on any atom is -0.383 e. The summed E-state index contributed by atoms with van der Waals surface area (Å²) in [5, 5.41) is 3.37. The SMILES string of the molecule is NC1=NCc2c1cccc2-c1ccc2ncc(N3CCNCC3)nc2c1. The number of nitrogens with one attached hydrogen (secondary N) is 1. The van der Waals surface area contributed by atoms with Crippen LogP contribution in [-0.2, 0) is 6.54 Å². The lowest BCUT2D eigenvalue weighted by atomic mass is 9.96. The number of amidine groups is 1. The van der Waals surface area contributed by atoms with E-state index in [2.05, 4.69) is 38.4 Å². The lowest BCUT2D eigenvalue weighted by Crippen LogP contribution is -2.43. The zero-order valence-electron chi connectivity index (χ0n) is 14.4. The number of fused-ring (bicyclic) bond motifs is 2. The van der Waals surface area contributed by atoms with Crippen LogP contribution in [-0.4, -0.2) is 42.0 Å². The third-order valence-corrected chi connectivity index (χ3v) is 5.14. The molecule has 2 aromatic carbocycles. The molecule has 0 bridgehead atoms. The Bertz CT molecular complexity index is 1020. The number of nitrogens with zero attached hydrogens (tertiary/aromatic N) is 4. The largest absolute Gasteiger partial charge is 0.383 e. The van der Waals surface area contributed by atoms with Crippen LogP contribution in [0.4, 0.5) is 5.82 Å². The Morgan fingerprint density at radius 1 is 1.00 bits per heavy atom. The predicted octanol–water partition coefficient (Wildman–Crippen LogP) is 1.93. The topological polar surface area (TPSA) is 79.4 Å². The van der Waals surface area contributed by atoms with Gasteiger partial charge in [-0.25, -0.2) is 4.98 Å². The lowest BCUT2D eigenvalue weighted by molar-refractivity contribution is 0.585. The standard InChI is InChI=1S/C20H20N6/c21-20-15-3-1-2-14(16(15)11-24-20)13-4-5-17-18(10-13)25-19(12-23-17)26-8-6-22-7-9-26/h1-5,10,12,22H,6-9,11H2,(H2,21,24). The Labute approximate surface area is 151 Å². The molecule has 0 spiro atoms. The molecule has 0 unspecified atom stereocenters. The molecule has 0 aliphatic carbocycles. The lowest BCUT2D eigenvalue weighted by Gasteiger charge is -2.28. The first kappa shape index (κ1) is 15.3. The summed E-state index contributed by atoms with van der Waals surface area (Å²) in [6.07, 6.45) is 1.88. The molecule has 130 valence electrons. The monoisotopic (exact) mass is 344 g/mol. The van der Waals surface area contributed by atoms with Crippen molar-refractivity contribution in [3.05, 3.63) is 53.7 Å². The molecule has 2 aliphatic heterocycles. The van der Waals surface area contributed by atoms with Gasteiger partial charge in [0.2, 0.25) is 0 Å². The van der Waals surface area contributed by atoms with Crippen molar-refractivity contribution in [2.75, 3.05) is 31.1 Å². The van der Waals surface area contributed by atoms with Crippen LogP contribution in [0.2, 0.25) is 0 Å².